The fraction of sp³-hybridized carbons (Fsp3) is 0.714. The Balaban J connectivity index is 3.90. The smallest absolute Gasteiger partial charge is 0.140 e. The second kappa shape index (κ2) is 4.42. The molecule has 0 aromatic rings. The Morgan fingerprint density at radius 3 is 2.40 bits per heavy atom. The van der Waals surface area contributed by atoms with Gasteiger partial charge in [0.25, 0.3) is 6.69 Å². The topological polar surface area (TPSA) is 0 Å². The van der Waals surface area contributed by atoms with E-state index >= 15 is 0 Å². The van der Waals surface area contributed by atoms with Gasteiger partial charge in [-0.25, -0.2) is 0 Å². The van der Waals surface area contributed by atoms with E-state index in [0.717, 1.165) is 12.8 Å². The second-order valence-electron chi connectivity index (χ2n) is 2.57. The van der Waals surface area contributed by atoms with E-state index in [1.54, 1.807) is 5.70 Å². The van der Waals surface area contributed by atoms with E-state index in [9.17, 15) is 0 Å². The van der Waals surface area contributed by atoms with E-state index in [0.29, 0.717) is 5.54 Å². The summed E-state index contributed by atoms with van der Waals surface area (Å²) in [5.41, 5.74) is 2.16. The van der Waals surface area contributed by atoms with Gasteiger partial charge < -0.3 is 0 Å². The van der Waals surface area contributed by atoms with Crippen LogP contribution in [0.2, 0.25) is 5.54 Å². The van der Waals surface area contributed by atoms with Crippen molar-refractivity contribution in [3.8, 4) is 0 Å². The van der Waals surface area contributed by atoms with Crippen molar-refractivity contribution in [1.29, 1.82) is 0 Å². The summed E-state index contributed by atoms with van der Waals surface area (Å²) in [7, 11) is 0. The van der Waals surface area contributed by atoms with Crippen LogP contribution in [0.5, 0.6) is 0 Å². The van der Waals surface area contributed by atoms with E-state index in [1.807, 2.05) is 0 Å². The predicted molar refractivity (Wildman–Crippen MR) is 52.0 cm³/mol. The molecule has 0 saturated carbocycles. The molecule has 0 amide bonds. The normalized spacial score (nSPS) is 14.8. The predicted octanol–water partition coefficient (Wildman–Crippen LogP) is 3.82. The van der Waals surface area contributed by atoms with Crippen LogP contribution in [-0.2, 0) is 0 Å². The third-order valence-electron chi connectivity index (χ3n) is 1.65. The lowest BCUT2D eigenvalue weighted by Crippen LogP contribution is -2.21. The van der Waals surface area contributed by atoms with Crippen LogP contribution in [0.15, 0.2) is 12.3 Å². The Bertz CT molecular complexity index is 112. The van der Waals surface area contributed by atoms with E-state index in [2.05, 4.69) is 20.4 Å². The van der Waals surface area contributed by atoms with Gasteiger partial charge in [-0.3, -0.25) is 0 Å². The van der Waals surface area contributed by atoms with Gasteiger partial charge >= 0.3 is 0 Å². The molecule has 0 saturated heterocycles. The lowest BCUT2D eigenvalue weighted by Gasteiger charge is -2.19. The molecule has 0 radical (unpaired) electrons. The molecule has 60 valence electrons. The summed E-state index contributed by atoms with van der Waals surface area (Å²) in [6, 6.07) is 0. The van der Waals surface area contributed by atoms with Gasteiger partial charge in [0.1, 0.15) is 0 Å². The fourth-order valence-electron chi connectivity index (χ4n) is 0.827. The molecular weight excluding hydrogens is 183 g/mol. The Morgan fingerprint density at radius 1 is 1.60 bits per heavy atom. The summed E-state index contributed by atoms with van der Waals surface area (Å²) in [4.78, 5) is 0. The maximum absolute atomic E-state index is 6.04. The number of halogens is 2. The summed E-state index contributed by atoms with van der Waals surface area (Å²) >= 11 is 12.1. The standard InChI is InChI=1S/C7H14Cl2Si/c1-4-6-7(3)10(8,9)5-2/h5,7H,2,4,6H2,1,3H3. The monoisotopic (exact) mass is 196 g/mol. The van der Waals surface area contributed by atoms with Gasteiger partial charge in [0.15, 0.2) is 0 Å². The number of hydrogen-bond donors (Lipinski definition) is 0. The molecule has 0 spiro atoms. The highest BCUT2D eigenvalue weighted by Crippen LogP contribution is 2.33. The minimum atomic E-state index is -2.09. The van der Waals surface area contributed by atoms with Crippen LogP contribution < -0.4 is 0 Å². The summed E-state index contributed by atoms with van der Waals surface area (Å²) < 4.78 is 0. The minimum Gasteiger partial charge on any atom is -0.140 e. The first-order chi connectivity index (χ1) is 4.54. The molecule has 0 nitrogen and oxygen atoms in total. The number of hydrogen-bond acceptors (Lipinski definition) is 0. The quantitative estimate of drug-likeness (QED) is 0.474. The van der Waals surface area contributed by atoms with Gasteiger partial charge in [-0.2, -0.15) is 0 Å². The molecule has 1 unspecified atom stereocenters. The largest absolute Gasteiger partial charge is 0.276 e. The average molecular weight is 197 g/mol. The molecule has 0 aromatic carbocycles. The Hall–Kier alpha value is 0.537. The highest BCUT2D eigenvalue weighted by Gasteiger charge is 2.30. The lowest BCUT2D eigenvalue weighted by atomic mass is 10.3. The van der Waals surface area contributed by atoms with Crippen molar-refractivity contribution in [2.24, 2.45) is 0 Å². The maximum Gasteiger partial charge on any atom is 0.276 e. The molecule has 10 heavy (non-hydrogen) atoms. The first-order valence-corrected chi connectivity index (χ1v) is 7.73. The van der Waals surface area contributed by atoms with Crippen molar-refractivity contribution in [1.82, 2.24) is 0 Å². The van der Waals surface area contributed by atoms with Crippen LogP contribution in [0.25, 0.3) is 0 Å². The molecule has 3 heteroatoms. The maximum atomic E-state index is 6.04. The molecule has 0 heterocycles. The zero-order valence-corrected chi connectivity index (χ0v) is 9.04. The second-order valence-corrected chi connectivity index (χ2v) is 9.64. The van der Waals surface area contributed by atoms with Gasteiger partial charge in [0.2, 0.25) is 0 Å². The van der Waals surface area contributed by atoms with Crippen LogP contribution >= 0.6 is 22.2 Å². The van der Waals surface area contributed by atoms with E-state index in [1.165, 1.54) is 0 Å². The summed E-state index contributed by atoms with van der Waals surface area (Å²) in [6.07, 6.45) is 2.24. The van der Waals surface area contributed by atoms with Gasteiger partial charge in [-0.05, 0) is 5.54 Å². The van der Waals surface area contributed by atoms with Gasteiger partial charge in [0, 0.05) is 0 Å². The SMILES string of the molecule is C=C[Si](Cl)(Cl)C(C)CCC. The third kappa shape index (κ3) is 3.09. The zero-order chi connectivity index (χ0) is 8.20. The molecule has 0 aromatic heterocycles. The Morgan fingerprint density at radius 2 is 2.10 bits per heavy atom. The van der Waals surface area contributed by atoms with E-state index in [4.69, 9.17) is 22.2 Å². The van der Waals surface area contributed by atoms with Crippen LogP contribution in [0.4, 0.5) is 0 Å². The van der Waals surface area contributed by atoms with E-state index in [-0.39, 0.29) is 0 Å². The van der Waals surface area contributed by atoms with Crippen molar-refractivity contribution in [3.63, 3.8) is 0 Å². The van der Waals surface area contributed by atoms with Gasteiger partial charge in [-0.1, -0.05) is 32.4 Å². The molecule has 0 bridgehead atoms. The summed E-state index contributed by atoms with van der Waals surface area (Å²) in [5.74, 6) is 0. The first kappa shape index (κ1) is 10.5. The highest BCUT2D eigenvalue weighted by atomic mass is 35.7. The van der Waals surface area contributed by atoms with Crippen LogP contribution in [-0.4, -0.2) is 6.69 Å². The Labute approximate surface area is 73.6 Å². The van der Waals surface area contributed by atoms with Gasteiger partial charge in [0.05, 0.1) is 0 Å². The van der Waals surface area contributed by atoms with Crippen molar-refractivity contribution >= 4 is 28.9 Å². The molecule has 0 aliphatic rings. The summed E-state index contributed by atoms with van der Waals surface area (Å²) in [5, 5.41) is 0. The molecule has 1 atom stereocenters. The lowest BCUT2D eigenvalue weighted by molar-refractivity contribution is 0.760. The molecule has 0 aliphatic carbocycles. The van der Waals surface area contributed by atoms with Gasteiger partial charge in [-0.15, -0.1) is 28.7 Å². The number of rotatable bonds is 4. The minimum absolute atomic E-state index is 0.429. The summed E-state index contributed by atoms with van der Waals surface area (Å²) in [6.45, 7) is 5.77. The molecule has 0 N–H and O–H groups in total. The molecule has 0 rings (SSSR count). The highest BCUT2D eigenvalue weighted by molar-refractivity contribution is 7.48. The van der Waals surface area contributed by atoms with Crippen molar-refractivity contribution in [3.05, 3.63) is 12.3 Å². The fourth-order valence-corrected chi connectivity index (χ4v) is 2.56. The average Bonchev–Trinajstić information content (AvgIpc) is 1.89. The first-order valence-electron chi connectivity index (χ1n) is 3.56. The van der Waals surface area contributed by atoms with Crippen LogP contribution in [0.1, 0.15) is 26.7 Å². The Kier molecular flexibility index (Phi) is 4.66. The molecular formula is C7H14Cl2Si. The van der Waals surface area contributed by atoms with Crippen LogP contribution in [0, 0.1) is 0 Å². The third-order valence-corrected chi connectivity index (χ3v) is 6.96. The van der Waals surface area contributed by atoms with Crippen LogP contribution in [0.3, 0.4) is 0 Å². The molecule has 0 aliphatic heterocycles. The van der Waals surface area contributed by atoms with Crippen molar-refractivity contribution < 1.29 is 0 Å². The zero-order valence-electron chi connectivity index (χ0n) is 6.53. The van der Waals surface area contributed by atoms with Crippen molar-refractivity contribution in [2.75, 3.05) is 0 Å². The van der Waals surface area contributed by atoms with E-state index < -0.39 is 6.69 Å². The van der Waals surface area contributed by atoms with Crippen molar-refractivity contribution in [2.45, 2.75) is 32.2 Å². The molecule has 0 fully saturated rings.